The SMILES string of the molecule is CNc1ccc([N+](=O)[O-])cc1C(=O)N(C)CC(=O)Nc1c(Cl)cccc1Cl. The van der Waals surface area contributed by atoms with Crippen LogP contribution >= 0.6 is 23.2 Å². The molecule has 0 radical (unpaired) electrons. The van der Waals surface area contributed by atoms with Crippen LogP contribution in [0.3, 0.4) is 0 Å². The summed E-state index contributed by atoms with van der Waals surface area (Å²) in [6.45, 7) is -0.299. The molecule has 0 fully saturated rings. The van der Waals surface area contributed by atoms with Crippen molar-refractivity contribution < 1.29 is 14.5 Å². The van der Waals surface area contributed by atoms with Gasteiger partial charge < -0.3 is 15.5 Å². The van der Waals surface area contributed by atoms with E-state index >= 15 is 0 Å². The summed E-state index contributed by atoms with van der Waals surface area (Å²) in [6.07, 6.45) is 0. The van der Waals surface area contributed by atoms with E-state index in [1.807, 2.05) is 0 Å². The van der Waals surface area contributed by atoms with Gasteiger partial charge in [-0.2, -0.15) is 0 Å². The van der Waals surface area contributed by atoms with E-state index in [2.05, 4.69) is 10.6 Å². The Hall–Kier alpha value is -2.84. The van der Waals surface area contributed by atoms with Crippen molar-refractivity contribution in [2.24, 2.45) is 0 Å². The van der Waals surface area contributed by atoms with E-state index in [-0.39, 0.29) is 33.5 Å². The van der Waals surface area contributed by atoms with Crippen LogP contribution < -0.4 is 10.6 Å². The van der Waals surface area contributed by atoms with Crippen LogP contribution in [0, 0.1) is 10.1 Å². The van der Waals surface area contributed by atoms with Crippen LogP contribution in [0.4, 0.5) is 17.1 Å². The number of nitro groups is 1. The minimum absolute atomic E-state index is 0.0813. The Bertz CT molecular complexity index is 884. The Morgan fingerprint density at radius 3 is 2.37 bits per heavy atom. The average molecular weight is 411 g/mol. The lowest BCUT2D eigenvalue weighted by Crippen LogP contribution is -2.35. The molecule has 0 unspecified atom stereocenters. The number of benzene rings is 2. The first kappa shape index (κ1) is 20.5. The quantitative estimate of drug-likeness (QED) is 0.558. The molecule has 2 aromatic carbocycles. The molecule has 0 aliphatic carbocycles. The van der Waals surface area contributed by atoms with Crippen LogP contribution in [-0.2, 0) is 4.79 Å². The van der Waals surface area contributed by atoms with Crippen molar-refractivity contribution in [3.8, 4) is 0 Å². The molecule has 10 heteroatoms. The summed E-state index contributed by atoms with van der Waals surface area (Å²) in [5, 5.41) is 16.8. The third-order valence-corrected chi connectivity index (χ3v) is 4.30. The number of nitrogens with zero attached hydrogens (tertiary/aromatic N) is 2. The maximum atomic E-state index is 12.7. The number of rotatable bonds is 6. The molecule has 0 aliphatic heterocycles. The van der Waals surface area contributed by atoms with Gasteiger partial charge in [0, 0.05) is 31.9 Å². The lowest BCUT2D eigenvalue weighted by atomic mass is 10.1. The molecule has 0 spiro atoms. The molecule has 2 N–H and O–H groups in total. The number of nitrogens with one attached hydrogen (secondary N) is 2. The molecule has 0 atom stereocenters. The number of para-hydroxylation sites is 1. The number of anilines is 2. The third kappa shape index (κ3) is 4.87. The minimum Gasteiger partial charge on any atom is -0.387 e. The molecule has 0 saturated heterocycles. The van der Waals surface area contributed by atoms with E-state index in [1.54, 1.807) is 25.2 Å². The van der Waals surface area contributed by atoms with Crippen molar-refractivity contribution in [2.45, 2.75) is 0 Å². The normalized spacial score (nSPS) is 10.2. The van der Waals surface area contributed by atoms with E-state index in [0.29, 0.717) is 5.69 Å². The monoisotopic (exact) mass is 410 g/mol. The predicted octanol–water partition coefficient (Wildman–Crippen LogP) is 3.65. The molecule has 0 aliphatic rings. The topological polar surface area (TPSA) is 105 Å². The first-order valence-corrected chi connectivity index (χ1v) is 8.45. The van der Waals surface area contributed by atoms with Gasteiger partial charge in [-0.05, 0) is 18.2 Å². The maximum Gasteiger partial charge on any atom is 0.270 e. The van der Waals surface area contributed by atoms with Crippen LogP contribution in [0.15, 0.2) is 36.4 Å². The molecule has 0 heterocycles. The van der Waals surface area contributed by atoms with Crippen LogP contribution in [-0.4, -0.2) is 42.3 Å². The van der Waals surface area contributed by atoms with Gasteiger partial charge in [0.05, 0.1) is 32.8 Å². The van der Waals surface area contributed by atoms with Crippen molar-refractivity contribution >= 4 is 52.1 Å². The van der Waals surface area contributed by atoms with Crippen LogP contribution in [0.25, 0.3) is 0 Å². The molecule has 0 bridgehead atoms. The average Bonchev–Trinajstić information content (AvgIpc) is 2.63. The predicted molar refractivity (Wildman–Crippen MR) is 105 cm³/mol. The number of carbonyl (C=O) groups excluding carboxylic acids is 2. The Morgan fingerprint density at radius 2 is 1.81 bits per heavy atom. The number of halogens is 2. The van der Waals surface area contributed by atoms with Crippen molar-refractivity contribution in [3.63, 3.8) is 0 Å². The van der Waals surface area contributed by atoms with Gasteiger partial charge in [0.2, 0.25) is 5.91 Å². The molecule has 27 heavy (non-hydrogen) atoms. The van der Waals surface area contributed by atoms with Gasteiger partial charge in [-0.3, -0.25) is 19.7 Å². The first-order valence-electron chi connectivity index (χ1n) is 7.70. The van der Waals surface area contributed by atoms with Crippen LogP contribution in [0.5, 0.6) is 0 Å². The molecule has 142 valence electrons. The van der Waals surface area contributed by atoms with Crippen molar-refractivity contribution in [2.75, 3.05) is 31.3 Å². The van der Waals surface area contributed by atoms with E-state index < -0.39 is 16.7 Å². The molecule has 2 aromatic rings. The lowest BCUT2D eigenvalue weighted by Gasteiger charge is -2.19. The first-order chi connectivity index (χ1) is 12.7. The number of hydrogen-bond donors (Lipinski definition) is 2. The summed E-state index contributed by atoms with van der Waals surface area (Å²) >= 11 is 12.0. The summed E-state index contributed by atoms with van der Waals surface area (Å²) in [4.78, 5) is 36.4. The van der Waals surface area contributed by atoms with Gasteiger partial charge in [-0.25, -0.2) is 0 Å². The molecule has 0 saturated carbocycles. The van der Waals surface area contributed by atoms with Gasteiger partial charge in [-0.15, -0.1) is 0 Å². The largest absolute Gasteiger partial charge is 0.387 e. The van der Waals surface area contributed by atoms with Crippen LogP contribution in [0.2, 0.25) is 10.0 Å². The van der Waals surface area contributed by atoms with Crippen molar-refractivity contribution in [3.05, 3.63) is 62.1 Å². The number of non-ortho nitro benzene ring substituents is 1. The number of hydrogen-bond acceptors (Lipinski definition) is 5. The third-order valence-electron chi connectivity index (χ3n) is 3.67. The van der Waals surface area contributed by atoms with Crippen LogP contribution in [0.1, 0.15) is 10.4 Å². The summed E-state index contributed by atoms with van der Waals surface area (Å²) in [5.41, 5.74) is 0.515. The number of likely N-dealkylation sites (N-methyl/N-ethyl adjacent to an activating group) is 1. The highest BCUT2D eigenvalue weighted by molar-refractivity contribution is 6.39. The van der Waals surface area contributed by atoms with Gasteiger partial charge in [-0.1, -0.05) is 29.3 Å². The number of carbonyl (C=O) groups is 2. The fourth-order valence-electron chi connectivity index (χ4n) is 2.33. The highest BCUT2D eigenvalue weighted by atomic mass is 35.5. The Kier molecular flexibility index (Phi) is 6.59. The zero-order chi connectivity index (χ0) is 20.1. The summed E-state index contributed by atoms with van der Waals surface area (Å²) in [7, 11) is 3.00. The van der Waals surface area contributed by atoms with E-state index in [4.69, 9.17) is 23.2 Å². The maximum absolute atomic E-state index is 12.7. The van der Waals surface area contributed by atoms with Crippen molar-refractivity contribution in [1.82, 2.24) is 4.90 Å². The van der Waals surface area contributed by atoms with E-state index in [0.717, 1.165) is 11.0 Å². The highest BCUT2D eigenvalue weighted by Crippen LogP contribution is 2.29. The summed E-state index contributed by atoms with van der Waals surface area (Å²) in [6, 6.07) is 8.66. The zero-order valence-corrected chi connectivity index (χ0v) is 16.0. The highest BCUT2D eigenvalue weighted by Gasteiger charge is 2.21. The molecular formula is C17H16Cl2N4O4. The van der Waals surface area contributed by atoms with Gasteiger partial charge in [0.25, 0.3) is 11.6 Å². The number of nitro benzene ring substituents is 1. The van der Waals surface area contributed by atoms with Crippen molar-refractivity contribution in [1.29, 1.82) is 0 Å². The minimum atomic E-state index is -0.595. The van der Waals surface area contributed by atoms with E-state index in [1.165, 1.54) is 19.2 Å². The second-order valence-corrected chi connectivity index (χ2v) is 6.36. The summed E-state index contributed by atoms with van der Waals surface area (Å²) in [5.74, 6) is -1.07. The Labute approximate surface area is 165 Å². The number of amides is 2. The molecular weight excluding hydrogens is 395 g/mol. The molecule has 8 nitrogen and oxygen atoms in total. The Balaban J connectivity index is 2.17. The summed E-state index contributed by atoms with van der Waals surface area (Å²) < 4.78 is 0. The molecule has 2 rings (SSSR count). The van der Waals surface area contributed by atoms with E-state index in [9.17, 15) is 19.7 Å². The van der Waals surface area contributed by atoms with Gasteiger partial charge >= 0.3 is 0 Å². The fourth-order valence-corrected chi connectivity index (χ4v) is 2.82. The Morgan fingerprint density at radius 1 is 1.19 bits per heavy atom. The standard InChI is InChI=1S/C17H16Cl2N4O4/c1-20-14-7-6-10(23(26)27)8-11(14)17(25)22(2)9-15(24)21-16-12(18)4-3-5-13(16)19/h3-8,20H,9H2,1-2H3,(H,21,24). The second-order valence-electron chi connectivity index (χ2n) is 5.54. The van der Waals surface area contributed by atoms with Gasteiger partial charge in [0.1, 0.15) is 0 Å². The van der Waals surface area contributed by atoms with Gasteiger partial charge in [0.15, 0.2) is 0 Å². The zero-order valence-electron chi connectivity index (χ0n) is 14.5. The fraction of sp³-hybridized carbons (Fsp3) is 0.176. The molecule has 0 aromatic heterocycles. The molecule has 2 amide bonds. The second kappa shape index (κ2) is 8.70. The lowest BCUT2D eigenvalue weighted by molar-refractivity contribution is -0.384. The smallest absolute Gasteiger partial charge is 0.270 e.